The molecule has 0 aromatic heterocycles. The Hall–Kier alpha value is -1.26. The van der Waals surface area contributed by atoms with Crippen LogP contribution in [-0.4, -0.2) is 25.2 Å². The molecule has 3 N–H and O–H groups in total. The fraction of sp³-hybridized carbons (Fsp3) is 0.417. The lowest BCUT2D eigenvalue weighted by Crippen LogP contribution is -2.39. The molecule has 2 amide bonds. The second-order valence-electron chi connectivity index (χ2n) is 4.25. The highest BCUT2D eigenvalue weighted by atomic mass is 35.5. The van der Waals surface area contributed by atoms with Crippen LogP contribution in [0.2, 0.25) is 5.02 Å². The summed E-state index contributed by atoms with van der Waals surface area (Å²) in [4.78, 5) is 11.7. The number of benzene rings is 1. The lowest BCUT2D eigenvalue weighted by Gasteiger charge is -2.12. The average molecular weight is 254 g/mol. The Bertz CT molecular complexity index is 416. The van der Waals surface area contributed by atoms with Crippen LogP contribution >= 0.6 is 11.6 Å². The first-order valence-corrected chi connectivity index (χ1v) is 6.07. The van der Waals surface area contributed by atoms with Gasteiger partial charge in [-0.05, 0) is 37.6 Å². The van der Waals surface area contributed by atoms with Gasteiger partial charge in [-0.3, -0.25) is 0 Å². The number of hydrogen-bond donors (Lipinski definition) is 3. The second kappa shape index (κ2) is 5.38. The fourth-order valence-corrected chi connectivity index (χ4v) is 1.98. The molecule has 5 heteroatoms. The van der Waals surface area contributed by atoms with Gasteiger partial charge in [-0.1, -0.05) is 17.7 Å². The normalized spacial score (nSPS) is 19.1. The number of amides is 2. The Morgan fingerprint density at radius 1 is 1.53 bits per heavy atom. The van der Waals surface area contributed by atoms with E-state index in [2.05, 4.69) is 16.0 Å². The van der Waals surface area contributed by atoms with E-state index in [1.807, 2.05) is 19.1 Å². The first-order chi connectivity index (χ1) is 8.15. The van der Waals surface area contributed by atoms with E-state index >= 15 is 0 Å². The maximum absolute atomic E-state index is 11.7. The molecule has 0 saturated carbocycles. The van der Waals surface area contributed by atoms with E-state index in [1.54, 1.807) is 6.07 Å². The molecule has 1 aliphatic rings. The predicted octanol–water partition coefficient (Wildman–Crippen LogP) is 2.13. The number of carbonyl (C=O) groups excluding carboxylic acids is 1. The van der Waals surface area contributed by atoms with E-state index in [9.17, 15) is 4.79 Å². The summed E-state index contributed by atoms with van der Waals surface area (Å²) in [5.74, 6) is 0. The summed E-state index contributed by atoms with van der Waals surface area (Å²) in [7, 11) is 0. The third-order valence-corrected chi connectivity index (χ3v) is 3.23. The van der Waals surface area contributed by atoms with Crippen molar-refractivity contribution in [3.8, 4) is 0 Å². The molecule has 1 aliphatic heterocycles. The Kier molecular flexibility index (Phi) is 3.86. The van der Waals surface area contributed by atoms with Crippen LogP contribution in [0.25, 0.3) is 0 Å². The maximum atomic E-state index is 11.7. The van der Waals surface area contributed by atoms with Crippen molar-refractivity contribution in [1.82, 2.24) is 10.6 Å². The third-order valence-electron chi connectivity index (χ3n) is 2.83. The van der Waals surface area contributed by atoms with Crippen LogP contribution in [0, 0.1) is 6.92 Å². The first-order valence-electron chi connectivity index (χ1n) is 5.69. The summed E-state index contributed by atoms with van der Waals surface area (Å²) in [6.45, 7) is 3.72. The molecule has 1 saturated heterocycles. The maximum Gasteiger partial charge on any atom is 0.319 e. The van der Waals surface area contributed by atoms with Gasteiger partial charge in [0.2, 0.25) is 0 Å². The van der Waals surface area contributed by atoms with E-state index in [0.29, 0.717) is 10.7 Å². The lowest BCUT2D eigenvalue weighted by molar-refractivity contribution is 0.249. The van der Waals surface area contributed by atoms with E-state index < -0.39 is 0 Å². The number of nitrogens with one attached hydrogen (secondary N) is 3. The number of hydrogen-bond acceptors (Lipinski definition) is 2. The molecular weight excluding hydrogens is 238 g/mol. The number of urea groups is 1. The molecule has 0 bridgehead atoms. The first kappa shape index (κ1) is 12.2. The summed E-state index contributed by atoms with van der Waals surface area (Å²) in [6.07, 6.45) is 0.974. The fourth-order valence-electron chi connectivity index (χ4n) is 1.80. The topological polar surface area (TPSA) is 53.2 Å². The van der Waals surface area contributed by atoms with Gasteiger partial charge in [-0.25, -0.2) is 4.79 Å². The van der Waals surface area contributed by atoms with Gasteiger partial charge in [0.05, 0.1) is 0 Å². The van der Waals surface area contributed by atoms with Gasteiger partial charge in [0.1, 0.15) is 0 Å². The van der Waals surface area contributed by atoms with Gasteiger partial charge in [-0.15, -0.1) is 0 Å². The molecule has 1 aromatic carbocycles. The van der Waals surface area contributed by atoms with E-state index in [4.69, 9.17) is 11.6 Å². The molecule has 0 spiro atoms. The number of halogens is 1. The van der Waals surface area contributed by atoms with Gasteiger partial charge in [0.15, 0.2) is 0 Å². The van der Waals surface area contributed by atoms with Crippen LogP contribution in [-0.2, 0) is 0 Å². The highest BCUT2D eigenvalue weighted by Gasteiger charge is 2.16. The van der Waals surface area contributed by atoms with Crippen molar-refractivity contribution in [3.63, 3.8) is 0 Å². The predicted molar refractivity (Wildman–Crippen MR) is 69.6 cm³/mol. The minimum Gasteiger partial charge on any atom is -0.334 e. The largest absolute Gasteiger partial charge is 0.334 e. The van der Waals surface area contributed by atoms with Crippen LogP contribution in [0.3, 0.4) is 0 Å². The lowest BCUT2D eigenvalue weighted by atomic mass is 10.2. The Morgan fingerprint density at radius 3 is 3.00 bits per heavy atom. The molecule has 0 unspecified atom stereocenters. The molecule has 1 heterocycles. The minimum absolute atomic E-state index is 0.182. The number of rotatable bonds is 2. The summed E-state index contributed by atoms with van der Waals surface area (Å²) < 4.78 is 0. The van der Waals surface area contributed by atoms with E-state index in [0.717, 1.165) is 25.1 Å². The highest BCUT2D eigenvalue weighted by molar-refractivity contribution is 6.31. The van der Waals surface area contributed by atoms with Crippen molar-refractivity contribution < 1.29 is 4.79 Å². The van der Waals surface area contributed by atoms with Crippen molar-refractivity contribution in [1.29, 1.82) is 0 Å². The van der Waals surface area contributed by atoms with Gasteiger partial charge >= 0.3 is 6.03 Å². The average Bonchev–Trinajstić information content (AvgIpc) is 2.76. The van der Waals surface area contributed by atoms with Crippen LogP contribution in [0.1, 0.15) is 12.0 Å². The summed E-state index contributed by atoms with van der Waals surface area (Å²) >= 11 is 5.99. The summed E-state index contributed by atoms with van der Waals surface area (Å²) in [5.41, 5.74) is 1.71. The SMILES string of the molecule is Cc1ccc(NC(=O)N[C@H]2CCNC2)cc1Cl. The van der Waals surface area contributed by atoms with Crippen molar-refractivity contribution in [2.45, 2.75) is 19.4 Å². The van der Waals surface area contributed by atoms with Gasteiger partial charge in [0.25, 0.3) is 0 Å². The smallest absolute Gasteiger partial charge is 0.319 e. The second-order valence-corrected chi connectivity index (χ2v) is 4.66. The van der Waals surface area contributed by atoms with Crippen molar-refractivity contribution in [2.75, 3.05) is 18.4 Å². The zero-order valence-corrected chi connectivity index (χ0v) is 10.5. The highest BCUT2D eigenvalue weighted by Crippen LogP contribution is 2.19. The van der Waals surface area contributed by atoms with Gasteiger partial charge < -0.3 is 16.0 Å². The molecule has 17 heavy (non-hydrogen) atoms. The molecular formula is C12H16ClN3O. The van der Waals surface area contributed by atoms with Crippen molar-refractivity contribution >= 4 is 23.3 Å². The zero-order chi connectivity index (χ0) is 12.3. The molecule has 1 atom stereocenters. The minimum atomic E-state index is -0.182. The summed E-state index contributed by atoms with van der Waals surface area (Å²) in [6, 6.07) is 5.51. The van der Waals surface area contributed by atoms with Crippen molar-refractivity contribution in [3.05, 3.63) is 28.8 Å². The zero-order valence-electron chi connectivity index (χ0n) is 9.72. The standard InChI is InChI=1S/C12H16ClN3O/c1-8-2-3-9(6-11(8)13)15-12(17)16-10-4-5-14-7-10/h2-3,6,10,14H,4-5,7H2,1H3,(H2,15,16,17)/t10-/m0/s1. The van der Waals surface area contributed by atoms with Crippen LogP contribution < -0.4 is 16.0 Å². The Labute approximate surface area is 106 Å². The third kappa shape index (κ3) is 3.35. The quantitative estimate of drug-likeness (QED) is 0.756. The Balaban J connectivity index is 1.90. The Morgan fingerprint density at radius 2 is 2.35 bits per heavy atom. The van der Waals surface area contributed by atoms with Crippen LogP contribution in [0.4, 0.5) is 10.5 Å². The van der Waals surface area contributed by atoms with Crippen molar-refractivity contribution in [2.24, 2.45) is 0 Å². The number of aryl methyl sites for hydroxylation is 1. The van der Waals surface area contributed by atoms with E-state index in [1.165, 1.54) is 0 Å². The molecule has 1 aromatic rings. The monoisotopic (exact) mass is 253 g/mol. The molecule has 4 nitrogen and oxygen atoms in total. The van der Waals surface area contributed by atoms with E-state index in [-0.39, 0.29) is 12.1 Å². The van der Waals surface area contributed by atoms with Gasteiger partial charge in [-0.2, -0.15) is 0 Å². The summed E-state index contributed by atoms with van der Waals surface area (Å²) in [5, 5.41) is 9.53. The van der Waals surface area contributed by atoms with Crippen LogP contribution in [0.5, 0.6) is 0 Å². The molecule has 0 aliphatic carbocycles. The van der Waals surface area contributed by atoms with Crippen LogP contribution in [0.15, 0.2) is 18.2 Å². The van der Waals surface area contributed by atoms with Gasteiger partial charge in [0, 0.05) is 23.3 Å². The molecule has 92 valence electrons. The number of carbonyl (C=O) groups is 1. The molecule has 0 radical (unpaired) electrons. The molecule has 1 fully saturated rings. The number of anilines is 1. The molecule has 2 rings (SSSR count).